The standard InChI is InChI=1S/C20H22N6O2S/c1-16-7-9-21-19(13-16)26-20-14-18(23-15-24-20)22-10-11-25-29(27,28)12-8-17-5-3-2-4-6-17/h2-9,12-15,25H,10-11H2,1H3,(H2,21,22,23,24,26)/b12-8+. The monoisotopic (exact) mass is 410 g/mol. The maximum absolute atomic E-state index is 12.0. The number of nitrogens with one attached hydrogen (secondary N) is 3. The van der Waals surface area contributed by atoms with Crippen molar-refractivity contribution in [3.05, 3.63) is 77.6 Å². The second kappa shape index (κ2) is 9.76. The van der Waals surface area contributed by atoms with Crippen LogP contribution in [0.2, 0.25) is 0 Å². The van der Waals surface area contributed by atoms with E-state index in [-0.39, 0.29) is 6.54 Å². The molecule has 3 N–H and O–H groups in total. The van der Waals surface area contributed by atoms with Gasteiger partial charge in [0.25, 0.3) is 0 Å². The fourth-order valence-electron chi connectivity index (χ4n) is 2.42. The van der Waals surface area contributed by atoms with E-state index < -0.39 is 10.0 Å². The summed E-state index contributed by atoms with van der Waals surface area (Å²) in [6, 6.07) is 14.8. The molecule has 0 unspecified atom stereocenters. The largest absolute Gasteiger partial charge is 0.369 e. The molecule has 1 aromatic carbocycles. The van der Waals surface area contributed by atoms with Gasteiger partial charge in [-0.1, -0.05) is 30.3 Å². The maximum Gasteiger partial charge on any atom is 0.233 e. The molecule has 8 nitrogen and oxygen atoms in total. The summed E-state index contributed by atoms with van der Waals surface area (Å²) in [5.41, 5.74) is 1.91. The van der Waals surface area contributed by atoms with Gasteiger partial charge < -0.3 is 10.6 Å². The molecular formula is C20H22N6O2S. The highest BCUT2D eigenvalue weighted by molar-refractivity contribution is 7.92. The molecule has 0 fully saturated rings. The molecule has 29 heavy (non-hydrogen) atoms. The topological polar surface area (TPSA) is 109 Å². The van der Waals surface area contributed by atoms with Gasteiger partial charge in [-0.2, -0.15) is 0 Å². The van der Waals surface area contributed by atoms with Crippen LogP contribution in [0.1, 0.15) is 11.1 Å². The van der Waals surface area contributed by atoms with Crippen molar-refractivity contribution in [3.63, 3.8) is 0 Å². The van der Waals surface area contributed by atoms with Crippen molar-refractivity contribution < 1.29 is 8.42 Å². The number of hydrogen-bond donors (Lipinski definition) is 3. The fraction of sp³-hybridized carbons (Fsp3) is 0.150. The van der Waals surface area contributed by atoms with Gasteiger partial charge in [-0.25, -0.2) is 28.1 Å². The van der Waals surface area contributed by atoms with Crippen molar-refractivity contribution in [2.75, 3.05) is 23.7 Å². The SMILES string of the molecule is Cc1ccnc(Nc2cc(NCCNS(=O)(=O)/C=C/c3ccccc3)ncn2)c1. The van der Waals surface area contributed by atoms with Gasteiger partial charge in [0, 0.05) is 30.8 Å². The first-order valence-corrected chi connectivity index (χ1v) is 10.5. The molecule has 3 rings (SSSR count). The molecule has 0 aliphatic carbocycles. The number of aryl methyl sites for hydroxylation is 1. The second-order valence-corrected chi connectivity index (χ2v) is 7.86. The Balaban J connectivity index is 1.48. The average Bonchev–Trinajstić information content (AvgIpc) is 2.71. The second-order valence-electron chi connectivity index (χ2n) is 6.21. The number of nitrogens with zero attached hydrogens (tertiary/aromatic N) is 3. The van der Waals surface area contributed by atoms with Crippen LogP contribution in [-0.4, -0.2) is 36.5 Å². The van der Waals surface area contributed by atoms with Crippen LogP contribution in [0.15, 0.2) is 66.5 Å². The van der Waals surface area contributed by atoms with Gasteiger partial charge in [-0.05, 0) is 36.3 Å². The molecule has 0 atom stereocenters. The van der Waals surface area contributed by atoms with E-state index in [4.69, 9.17) is 0 Å². The van der Waals surface area contributed by atoms with E-state index in [0.717, 1.165) is 16.5 Å². The van der Waals surface area contributed by atoms with Crippen molar-refractivity contribution in [2.45, 2.75) is 6.92 Å². The molecule has 2 heterocycles. The number of anilines is 3. The van der Waals surface area contributed by atoms with Crippen molar-refractivity contribution >= 4 is 33.6 Å². The van der Waals surface area contributed by atoms with Gasteiger partial charge in [0.05, 0.1) is 0 Å². The summed E-state index contributed by atoms with van der Waals surface area (Å²) in [4.78, 5) is 12.5. The van der Waals surface area contributed by atoms with Crippen molar-refractivity contribution in [3.8, 4) is 0 Å². The Morgan fingerprint density at radius 3 is 2.48 bits per heavy atom. The van der Waals surface area contributed by atoms with Gasteiger partial charge in [0.2, 0.25) is 10.0 Å². The smallest absolute Gasteiger partial charge is 0.233 e. The van der Waals surface area contributed by atoms with Crippen LogP contribution in [0.25, 0.3) is 6.08 Å². The van der Waals surface area contributed by atoms with Gasteiger partial charge in [0.15, 0.2) is 0 Å². The number of pyridine rings is 1. The summed E-state index contributed by atoms with van der Waals surface area (Å²) in [7, 11) is -3.51. The van der Waals surface area contributed by atoms with Crippen LogP contribution in [0.4, 0.5) is 17.5 Å². The summed E-state index contributed by atoms with van der Waals surface area (Å²) < 4.78 is 26.6. The van der Waals surface area contributed by atoms with Crippen molar-refractivity contribution in [1.82, 2.24) is 19.7 Å². The quantitative estimate of drug-likeness (QED) is 0.465. The Labute approximate surface area is 170 Å². The molecule has 0 amide bonds. The first kappa shape index (κ1) is 20.4. The zero-order valence-corrected chi connectivity index (χ0v) is 16.7. The summed E-state index contributed by atoms with van der Waals surface area (Å²) in [6.45, 7) is 2.57. The third-order valence-corrected chi connectivity index (χ3v) is 4.91. The van der Waals surface area contributed by atoms with Gasteiger partial charge in [0.1, 0.15) is 23.8 Å². The third-order valence-electron chi connectivity index (χ3n) is 3.81. The molecule has 0 aliphatic heterocycles. The third kappa shape index (κ3) is 6.98. The van der Waals surface area contributed by atoms with Crippen LogP contribution in [0.5, 0.6) is 0 Å². The molecule has 0 spiro atoms. The summed E-state index contributed by atoms with van der Waals surface area (Å²) in [6.07, 6.45) is 4.70. The summed E-state index contributed by atoms with van der Waals surface area (Å²) in [5.74, 6) is 1.86. The predicted octanol–water partition coefficient (Wildman–Crippen LogP) is 2.93. The molecule has 0 saturated heterocycles. The van der Waals surface area contributed by atoms with Gasteiger partial charge in [-0.3, -0.25) is 0 Å². The molecule has 0 saturated carbocycles. The van der Waals surface area contributed by atoms with E-state index in [0.29, 0.717) is 24.0 Å². The zero-order valence-electron chi connectivity index (χ0n) is 15.9. The van der Waals surface area contributed by atoms with Crippen LogP contribution >= 0.6 is 0 Å². The molecule has 0 radical (unpaired) electrons. The molecule has 0 aliphatic rings. The van der Waals surface area contributed by atoms with Crippen LogP contribution in [0.3, 0.4) is 0 Å². The highest BCUT2D eigenvalue weighted by Crippen LogP contribution is 2.14. The average molecular weight is 411 g/mol. The van der Waals surface area contributed by atoms with Gasteiger partial charge in [-0.15, -0.1) is 0 Å². The Hall–Kier alpha value is -3.30. The lowest BCUT2D eigenvalue weighted by atomic mass is 10.2. The van der Waals surface area contributed by atoms with Crippen LogP contribution in [0, 0.1) is 6.92 Å². The predicted molar refractivity (Wildman–Crippen MR) is 115 cm³/mol. The molecule has 0 bridgehead atoms. The van der Waals surface area contributed by atoms with E-state index in [1.165, 1.54) is 6.33 Å². The minimum absolute atomic E-state index is 0.216. The van der Waals surface area contributed by atoms with Crippen LogP contribution < -0.4 is 15.4 Å². The Bertz CT molecular complexity index is 1070. The normalized spacial score (nSPS) is 11.5. The summed E-state index contributed by atoms with van der Waals surface area (Å²) in [5, 5.41) is 7.33. The number of aromatic nitrogens is 3. The Morgan fingerprint density at radius 2 is 1.69 bits per heavy atom. The van der Waals surface area contributed by atoms with Crippen molar-refractivity contribution in [2.24, 2.45) is 0 Å². The lowest BCUT2D eigenvalue weighted by Gasteiger charge is -2.09. The first-order valence-electron chi connectivity index (χ1n) is 8.99. The minimum Gasteiger partial charge on any atom is -0.369 e. The van der Waals surface area contributed by atoms with E-state index in [2.05, 4.69) is 30.3 Å². The number of hydrogen-bond acceptors (Lipinski definition) is 7. The highest BCUT2D eigenvalue weighted by Gasteiger charge is 2.05. The first-order chi connectivity index (χ1) is 14.0. The fourth-order valence-corrected chi connectivity index (χ4v) is 3.24. The minimum atomic E-state index is -3.51. The lowest BCUT2D eigenvalue weighted by Crippen LogP contribution is -2.27. The Morgan fingerprint density at radius 1 is 0.931 bits per heavy atom. The molecule has 150 valence electrons. The molecule has 3 aromatic rings. The molecular weight excluding hydrogens is 388 g/mol. The van der Waals surface area contributed by atoms with Crippen molar-refractivity contribution in [1.29, 1.82) is 0 Å². The summed E-state index contributed by atoms with van der Waals surface area (Å²) >= 11 is 0. The van der Waals surface area contributed by atoms with E-state index in [1.807, 2.05) is 49.4 Å². The van der Waals surface area contributed by atoms with Crippen LogP contribution in [-0.2, 0) is 10.0 Å². The highest BCUT2D eigenvalue weighted by atomic mass is 32.2. The van der Waals surface area contributed by atoms with Gasteiger partial charge >= 0.3 is 0 Å². The molecule has 9 heteroatoms. The number of benzene rings is 1. The van der Waals surface area contributed by atoms with E-state index in [9.17, 15) is 8.42 Å². The van der Waals surface area contributed by atoms with E-state index in [1.54, 1.807) is 18.3 Å². The maximum atomic E-state index is 12.0. The molecule has 2 aromatic heterocycles. The number of rotatable bonds is 9. The Kier molecular flexibility index (Phi) is 6.88. The lowest BCUT2D eigenvalue weighted by molar-refractivity contribution is 0.592. The number of sulfonamides is 1. The zero-order chi connectivity index (χ0) is 20.5. The van der Waals surface area contributed by atoms with E-state index >= 15 is 0 Å².